The molecule has 1 unspecified atom stereocenters. The van der Waals surface area contributed by atoms with Crippen molar-refractivity contribution in [3.63, 3.8) is 0 Å². The monoisotopic (exact) mass is 631 g/mol. The average molecular weight is 634 g/mol. The molecule has 0 fully saturated rings. The molecule has 38 heavy (non-hydrogen) atoms. The van der Waals surface area contributed by atoms with Crippen molar-refractivity contribution in [3.05, 3.63) is 124 Å². The van der Waals surface area contributed by atoms with E-state index >= 15 is 0 Å². The number of benzene rings is 3. The van der Waals surface area contributed by atoms with E-state index in [0.29, 0.717) is 3.63 Å². The van der Waals surface area contributed by atoms with Crippen LogP contribution in [0.25, 0.3) is 29.0 Å². The number of nitrogens with zero attached hydrogens (tertiary/aromatic N) is 1. The van der Waals surface area contributed by atoms with E-state index in [4.69, 9.17) is 0 Å². The molecule has 1 nitrogen and oxygen atoms in total. The normalized spacial score (nSPS) is 16.3. The number of fused-ring (bicyclic) bond motifs is 2. The van der Waals surface area contributed by atoms with Gasteiger partial charge in [-0.1, -0.05) is 0 Å². The number of hydrogen-bond donors (Lipinski definition) is 0. The zero-order valence-corrected chi connectivity index (χ0v) is 27.7. The molecule has 1 atom stereocenters. The fraction of sp³-hybridized carbons (Fsp3) is 0.182. The van der Waals surface area contributed by atoms with E-state index in [1.807, 2.05) is 0 Å². The van der Waals surface area contributed by atoms with Gasteiger partial charge in [0.15, 0.2) is 0 Å². The molecule has 1 aromatic heterocycles. The van der Waals surface area contributed by atoms with Gasteiger partial charge in [0.1, 0.15) is 0 Å². The quantitative estimate of drug-likeness (QED) is 0.304. The molecule has 5 heteroatoms. The molecular weight excluding hydrogens is 601 g/mol. The summed E-state index contributed by atoms with van der Waals surface area (Å²) in [4.78, 5) is 0. The molecule has 3 aromatic carbocycles. The molecule has 192 valence electrons. The van der Waals surface area contributed by atoms with Crippen LogP contribution in [0.2, 0.25) is 13.1 Å². The largest absolute Gasteiger partial charge is 1.00 e. The summed E-state index contributed by atoms with van der Waals surface area (Å²) in [6, 6.07) is 31.3. The van der Waals surface area contributed by atoms with Crippen LogP contribution in [0.3, 0.4) is 0 Å². The van der Waals surface area contributed by atoms with Gasteiger partial charge < -0.3 is 24.8 Å². The first-order chi connectivity index (χ1) is 17.5. The molecule has 6 rings (SSSR count). The minimum Gasteiger partial charge on any atom is -1.00 e. The van der Waals surface area contributed by atoms with Crippen LogP contribution in [-0.2, 0) is 20.4 Å². The number of rotatable bonds is 4. The average Bonchev–Trinajstić information content (AvgIpc) is 3.48. The van der Waals surface area contributed by atoms with Crippen molar-refractivity contribution >= 4 is 21.3 Å². The SMILES string of the molecule is CC1=Cc2c(cc(C)n2-c2ccccc2)[C]1=[Zr+2]([CH]1C(C)=Cc2c(-c3ccccc3)cccc21)[SiH](C)C.[Cl-].[Cl-]. The summed E-state index contributed by atoms with van der Waals surface area (Å²) >= 11 is -2.09. The molecule has 0 N–H and O–H groups in total. The Bertz CT molecular complexity index is 1580. The second-order valence-electron chi connectivity index (χ2n) is 10.6. The van der Waals surface area contributed by atoms with E-state index in [0.717, 1.165) is 0 Å². The van der Waals surface area contributed by atoms with Gasteiger partial charge in [-0.2, -0.15) is 0 Å². The van der Waals surface area contributed by atoms with Crippen molar-refractivity contribution in [1.82, 2.24) is 4.57 Å². The van der Waals surface area contributed by atoms with Gasteiger partial charge in [0.25, 0.3) is 0 Å². The number of para-hydroxylation sites is 1. The number of aryl methyl sites for hydroxylation is 1. The molecule has 0 spiro atoms. The van der Waals surface area contributed by atoms with E-state index < -0.39 is 26.4 Å². The van der Waals surface area contributed by atoms with Gasteiger partial charge in [0.2, 0.25) is 0 Å². The van der Waals surface area contributed by atoms with Gasteiger partial charge >= 0.3 is 225 Å². The Morgan fingerprint density at radius 1 is 0.737 bits per heavy atom. The maximum Gasteiger partial charge on any atom is -1.00 e. The molecule has 1 heterocycles. The molecule has 2 aliphatic carbocycles. The van der Waals surface area contributed by atoms with Crippen LogP contribution >= 0.6 is 0 Å². The van der Waals surface area contributed by atoms with Gasteiger partial charge in [-0.25, -0.2) is 0 Å². The maximum absolute atomic E-state index is 2.63. The third-order valence-electron chi connectivity index (χ3n) is 7.84. The first kappa shape index (κ1) is 29.0. The zero-order valence-electron chi connectivity index (χ0n) is 22.6. The molecule has 4 aromatic rings. The van der Waals surface area contributed by atoms with Gasteiger partial charge in [0, 0.05) is 0 Å². The van der Waals surface area contributed by atoms with E-state index in [1.54, 1.807) is 14.3 Å². The van der Waals surface area contributed by atoms with Gasteiger partial charge in [-0.05, 0) is 0 Å². The number of halogens is 2. The van der Waals surface area contributed by atoms with Gasteiger partial charge in [-0.3, -0.25) is 0 Å². The number of aromatic nitrogens is 1. The van der Waals surface area contributed by atoms with Gasteiger partial charge in [0.05, 0.1) is 0 Å². The molecule has 0 amide bonds. The summed E-state index contributed by atoms with van der Waals surface area (Å²) in [7, 11) is 0. The fourth-order valence-corrected chi connectivity index (χ4v) is 27.8. The summed E-state index contributed by atoms with van der Waals surface area (Å²) in [5, 5.41) is 0. The van der Waals surface area contributed by atoms with E-state index in [9.17, 15) is 0 Å². The second kappa shape index (κ2) is 11.6. The summed E-state index contributed by atoms with van der Waals surface area (Å²) in [5.41, 5.74) is 14.4. The molecule has 0 bridgehead atoms. The van der Waals surface area contributed by atoms with E-state index in [2.05, 4.69) is 136 Å². The van der Waals surface area contributed by atoms with Gasteiger partial charge in [-0.15, -0.1) is 0 Å². The van der Waals surface area contributed by atoms with Crippen LogP contribution in [0.5, 0.6) is 0 Å². The van der Waals surface area contributed by atoms with Crippen molar-refractivity contribution in [1.29, 1.82) is 0 Å². The summed E-state index contributed by atoms with van der Waals surface area (Å²) < 4.78 is 4.89. The molecule has 2 aliphatic rings. The Kier molecular flexibility index (Phi) is 8.85. The van der Waals surface area contributed by atoms with Crippen LogP contribution in [0.4, 0.5) is 0 Å². The smallest absolute Gasteiger partial charge is 1.00 e. The van der Waals surface area contributed by atoms with Crippen LogP contribution in [0, 0.1) is 6.92 Å². The van der Waals surface area contributed by atoms with Crippen molar-refractivity contribution in [2.24, 2.45) is 0 Å². The first-order valence-electron chi connectivity index (χ1n) is 13.0. The van der Waals surface area contributed by atoms with E-state index in [1.165, 1.54) is 44.9 Å². The summed E-state index contributed by atoms with van der Waals surface area (Å²) in [6.07, 6.45) is 5.01. The second-order valence-corrected chi connectivity index (χ2v) is 30.0. The predicted octanol–water partition coefficient (Wildman–Crippen LogP) is 2.16. The predicted molar refractivity (Wildman–Crippen MR) is 155 cm³/mol. The van der Waals surface area contributed by atoms with Crippen LogP contribution in [0.1, 0.15) is 45.6 Å². The van der Waals surface area contributed by atoms with Crippen molar-refractivity contribution in [3.8, 4) is 16.8 Å². The molecular formula is C33H33Cl2NSiZr. The zero-order chi connectivity index (χ0) is 25.0. The Morgan fingerprint density at radius 3 is 2.05 bits per heavy atom. The van der Waals surface area contributed by atoms with Crippen LogP contribution in [0.15, 0.2) is 96.1 Å². The Labute approximate surface area is 247 Å². The van der Waals surface area contributed by atoms with Crippen LogP contribution in [-0.4, -0.2) is 13.7 Å². The third-order valence-corrected chi connectivity index (χ3v) is 28.4. The molecule has 0 aliphatic heterocycles. The standard InChI is InChI=1S/C16H13.C15H13N.C2H7Si.2ClH.Zr/c1-12-10-14-8-5-9-15(16(14)11-12)13-6-3-2-4-7-13;1-11-8-13-10-12(2)16(15(13)9-11)14-6-4-3-5-7-14;1-3-2;;;/h2-11H,1H3;3-7,9-10H,1-2H3;3H,1-2H3;2*1H;/q;;;;;+2/p-2. The fourth-order valence-electron chi connectivity index (χ4n) is 6.39. The van der Waals surface area contributed by atoms with Crippen molar-refractivity contribution in [2.45, 2.75) is 37.5 Å². The number of hydrogen-bond acceptors (Lipinski definition) is 0. The maximum atomic E-state index is 2.63. The van der Waals surface area contributed by atoms with Crippen molar-refractivity contribution < 1.29 is 45.2 Å². The Balaban J connectivity index is 0.00000168. The Hall–Kier alpha value is -2.03. The van der Waals surface area contributed by atoms with Crippen LogP contribution < -0.4 is 24.8 Å². The number of allylic oxidation sites excluding steroid dienone is 2. The summed E-state index contributed by atoms with van der Waals surface area (Å²) in [6.45, 7) is 12.3. The van der Waals surface area contributed by atoms with E-state index in [-0.39, 0.29) is 24.8 Å². The van der Waals surface area contributed by atoms with Crippen molar-refractivity contribution in [2.75, 3.05) is 0 Å². The minimum atomic E-state index is -2.09. The topological polar surface area (TPSA) is 4.93 Å². The molecule has 0 saturated carbocycles. The minimum absolute atomic E-state index is 0. The Morgan fingerprint density at radius 2 is 1.39 bits per heavy atom. The first-order valence-corrected chi connectivity index (χ1v) is 22.8. The summed E-state index contributed by atoms with van der Waals surface area (Å²) in [5.74, 6) is -0.887. The third kappa shape index (κ3) is 4.77. The molecule has 0 saturated heterocycles. The molecule has 0 radical (unpaired) electrons.